The average molecular weight is 162 g/mol. The fourth-order valence-electron chi connectivity index (χ4n) is 1.43. The van der Waals surface area contributed by atoms with Crippen molar-refractivity contribution in [2.75, 3.05) is 6.67 Å². The fraction of sp³-hybridized carbons (Fsp3) is 1.00. The Hall–Kier alpha value is -0.110. The van der Waals surface area contributed by atoms with Crippen LogP contribution >= 0.6 is 0 Å². The first-order valence-electron chi connectivity index (χ1n) is 4.37. The first kappa shape index (κ1) is 10.9. The van der Waals surface area contributed by atoms with E-state index >= 15 is 0 Å². The minimum Gasteiger partial charge on any atom is -0.393 e. The molecule has 0 bridgehead atoms. The molecular weight excluding hydrogens is 143 g/mol. The highest BCUT2D eigenvalue weighted by Crippen LogP contribution is 2.22. The van der Waals surface area contributed by atoms with E-state index in [1.807, 2.05) is 0 Å². The topological polar surface area (TPSA) is 20.2 Å². The molecule has 0 amide bonds. The molecule has 0 aromatic heterocycles. The van der Waals surface area contributed by atoms with Crippen LogP contribution in [0.3, 0.4) is 0 Å². The zero-order valence-electron chi connectivity index (χ0n) is 7.68. The van der Waals surface area contributed by atoms with Gasteiger partial charge in [0.05, 0.1) is 12.8 Å². The third-order valence-corrected chi connectivity index (χ3v) is 2.44. The van der Waals surface area contributed by atoms with E-state index in [2.05, 4.69) is 13.8 Å². The van der Waals surface area contributed by atoms with Gasteiger partial charge in [-0.25, -0.2) is 0 Å². The van der Waals surface area contributed by atoms with Crippen LogP contribution in [0.1, 0.15) is 33.6 Å². The maximum absolute atomic E-state index is 12.0. The van der Waals surface area contributed by atoms with Gasteiger partial charge in [0.1, 0.15) is 0 Å². The first-order chi connectivity index (χ1) is 5.13. The van der Waals surface area contributed by atoms with E-state index in [9.17, 15) is 9.50 Å². The molecule has 1 nitrogen and oxygen atoms in total. The molecule has 0 radical (unpaired) electrons. The van der Waals surface area contributed by atoms with Crippen molar-refractivity contribution in [3.05, 3.63) is 0 Å². The lowest BCUT2D eigenvalue weighted by molar-refractivity contribution is 0.0804. The van der Waals surface area contributed by atoms with Crippen molar-refractivity contribution >= 4 is 0 Å². The van der Waals surface area contributed by atoms with Gasteiger partial charge in [-0.15, -0.1) is 0 Å². The third-order valence-electron chi connectivity index (χ3n) is 2.44. The van der Waals surface area contributed by atoms with Crippen LogP contribution in [0.5, 0.6) is 0 Å². The minimum atomic E-state index is -0.374. The van der Waals surface area contributed by atoms with Crippen LogP contribution < -0.4 is 0 Å². The standard InChI is InChI=1S/C9H19FO/c1-4-7(2)9(5-6-10)8(3)11/h7-9,11H,4-6H2,1-3H3. The van der Waals surface area contributed by atoms with Gasteiger partial charge < -0.3 is 5.11 Å². The summed E-state index contributed by atoms with van der Waals surface area (Å²) in [5.74, 6) is 0.552. The summed E-state index contributed by atoms with van der Waals surface area (Å²) >= 11 is 0. The number of aliphatic hydroxyl groups is 1. The molecule has 0 aliphatic carbocycles. The Kier molecular flexibility index (Phi) is 5.47. The van der Waals surface area contributed by atoms with Crippen LogP contribution in [0.15, 0.2) is 0 Å². The zero-order valence-corrected chi connectivity index (χ0v) is 7.68. The number of alkyl halides is 1. The second-order valence-corrected chi connectivity index (χ2v) is 3.27. The second-order valence-electron chi connectivity index (χ2n) is 3.27. The monoisotopic (exact) mass is 162 g/mol. The van der Waals surface area contributed by atoms with Crippen molar-refractivity contribution in [3.63, 3.8) is 0 Å². The molecule has 0 aromatic rings. The summed E-state index contributed by atoms with van der Waals surface area (Å²) in [7, 11) is 0. The Morgan fingerprint density at radius 1 is 1.36 bits per heavy atom. The molecule has 0 heterocycles. The third kappa shape index (κ3) is 3.71. The smallest absolute Gasteiger partial charge is 0.0898 e. The number of halogens is 1. The lowest BCUT2D eigenvalue weighted by Gasteiger charge is -2.24. The Morgan fingerprint density at radius 2 is 1.91 bits per heavy atom. The molecule has 0 saturated carbocycles. The first-order valence-corrected chi connectivity index (χ1v) is 4.37. The largest absolute Gasteiger partial charge is 0.393 e. The molecule has 3 unspecified atom stereocenters. The summed E-state index contributed by atoms with van der Waals surface area (Å²) in [6, 6.07) is 0. The van der Waals surface area contributed by atoms with Gasteiger partial charge >= 0.3 is 0 Å². The van der Waals surface area contributed by atoms with Crippen LogP contribution in [-0.4, -0.2) is 17.9 Å². The van der Waals surface area contributed by atoms with Crippen LogP contribution in [-0.2, 0) is 0 Å². The van der Waals surface area contributed by atoms with Gasteiger partial charge in [0.2, 0.25) is 0 Å². The fourth-order valence-corrected chi connectivity index (χ4v) is 1.43. The maximum atomic E-state index is 12.0. The van der Waals surface area contributed by atoms with Gasteiger partial charge in [-0.3, -0.25) is 4.39 Å². The van der Waals surface area contributed by atoms with Crippen molar-refractivity contribution in [1.82, 2.24) is 0 Å². The van der Waals surface area contributed by atoms with Gasteiger partial charge in [0.25, 0.3) is 0 Å². The number of hydrogen-bond acceptors (Lipinski definition) is 1. The Morgan fingerprint density at radius 3 is 2.18 bits per heavy atom. The molecule has 68 valence electrons. The lowest BCUT2D eigenvalue weighted by atomic mass is 9.85. The molecule has 0 aromatic carbocycles. The Bertz CT molecular complexity index is 93.6. The van der Waals surface area contributed by atoms with Gasteiger partial charge in [-0.1, -0.05) is 20.3 Å². The van der Waals surface area contributed by atoms with Crippen LogP contribution in [0.4, 0.5) is 4.39 Å². The van der Waals surface area contributed by atoms with Gasteiger partial charge in [0, 0.05) is 0 Å². The number of aliphatic hydroxyl groups excluding tert-OH is 1. The van der Waals surface area contributed by atoms with Gasteiger partial charge in [-0.05, 0) is 25.2 Å². The molecule has 2 heteroatoms. The Labute approximate surface area is 68.6 Å². The Balaban J connectivity index is 3.87. The highest BCUT2D eigenvalue weighted by Gasteiger charge is 2.20. The van der Waals surface area contributed by atoms with Gasteiger partial charge in [0.15, 0.2) is 0 Å². The van der Waals surface area contributed by atoms with Crippen molar-refractivity contribution in [2.45, 2.75) is 39.7 Å². The molecule has 0 aliphatic rings. The van der Waals surface area contributed by atoms with E-state index in [0.717, 1.165) is 6.42 Å². The van der Waals surface area contributed by atoms with Gasteiger partial charge in [-0.2, -0.15) is 0 Å². The van der Waals surface area contributed by atoms with E-state index < -0.39 is 0 Å². The maximum Gasteiger partial charge on any atom is 0.0898 e. The summed E-state index contributed by atoms with van der Waals surface area (Å²) < 4.78 is 12.0. The van der Waals surface area contributed by atoms with Crippen molar-refractivity contribution in [1.29, 1.82) is 0 Å². The van der Waals surface area contributed by atoms with E-state index in [-0.39, 0.29) is 18.7 Å². The summed E-state index contributed by atoms with van der Waals surface area (Å²) in [5.41, 5.74) is 0. The lowest BCUT2D eigenvalue weighted by Crippen LogP contribution is -2.24. The average Bonchev–Trinajstić information content (AvgIpc) is 1.98. The molecule has 0 aliphatic heterocycles. The summed E-state index contributed by atoms with van der Waals surface area (Å²) in [6.45, 7) is 5.55. The predicted molar refractivity (Wildman–Crippen MR) is 45.2 cm³/mol. The second kappa shape index (κ2) is 5.53. The van der Waals surface area contributed by atoms with E-state index in [4.69, 9.17) is 0 Å². The minimum absolute atomic E-state index is 0.130. The van der Waals surface area contributed by atoms with E-state index in [1.165, 1.54) is 0 Å². The molecule has 3 atom stereocenters. The zero-order chi connectivity index (χ0) is 8.85. The van der Waals surface area contributed by atoms with E-state index in [0.29, 0.717) is 12.3 Å². The molecule has 1 N–H and O–H groups in total. The van der Waals surface area contributed by atoms with Crippen LogP contribution in [0.25, 0.3) is 0 Å². The van der Waals surface area contributed by atoms with Crippen LogP contribution in [0, 0.1) is 11.8 Å². The quantitative estimate of drug-likeness (QED) is 0.658. The summed E-state index contributed by atoms with van der Waals surface area (Å²) in [6.07, 6.45) is 1.13. The molecular formula is C9H19FO. The molecule has 0 spiro atoms. The van der Waals surface area contributed by atoms with Crippen LogP contribution in [0.2, 0.25) is 0 Å². The molecule has 11 heavy (non-hydrogen) atoms. The number of hydrogen-bond donors (Lipinski definition) is 1. The van der Waals surface area contributed by atoms with Crippen molar-refractivity contribution in [3.8, 4) is 0 Å². The highest BCUT2D eigenvalue weighted by atomic mass is 19.1. The number of rotatable bonds is 5. The van der Waals surface area contributed by atoms with E-state index in [1.54, 1.807) is 6.92 Å². The molecule has 0 rings (SSSR count). The van der Waals surface area contributed by atoms with Crippen molar-refractivity contribution < 1.29 is 9.50 Å². The molecule has 0 saturated heterocycles. The highest BCUT2D eigenvalue weighted by molar-refractivity contribution is 4.69. The summed E-state index contributed by atoms with van der Waals surface area (Å²) in [5, 5.41) is 9.28. The molecule has 0 fully saturated rings. The summed E-state index contributed by atoms with van der Waals surface area (Å²) in [4.78, 5) is 0. The normalized spacial score (nSPS) is 19.4. The predicted octanol–water partition coefficient (Wildman–Crippen LogP) is 2.39. The SMILES string of the molecule is CCC(C)C(CCF)C(C)O. The van der Waals surface area contributed by atoms with Crippen molar-refractivity contribution in [2.24, 2.45) is 11.8 Å².